The molecule has 0 aliphatic rings. The molecule has 0 aromatic rings. The predicted octanol–water partition coefficient (Wildman–Crippen LogP) is 22.0. The number of unbranched alkanes of at least 4 members (excludes halogenated alkanes) is 42. The van der Waals surface area contributed by atoms with Gasteiger partial charge in [0.2, 0.25) is 11.8 Å². The van der Waals surface area contributed by atoms with E-state index in [4.69, 9.17) is 19.9 Å². The zero-order valence-electron chi connectivity index (χ0n) is 56.7. The average Bonchev–Trinajstić information content (AvgIpc) is 3.71. The third kappa shape index (κ3) is 62.1. The molecule has 0 aliphatic carbocycles. The fourth-order valence-electron chi connectivity index (χ4n) is 10.9. The summed E-state index contributed by atoms with van der Waals surface area (Å²) in [4.78, 5) is 65.7. The molecule has 2 amide bonds. The number of imide groups is 1. The first-order chi connectivity index (χ1) is 42.3. The molecule has 0 aliphatic heterocycles. The summed E-state index contributed by atoms with van der Waals surface area (Å²) in [7, 11) is 0. The normalized spacial score (nSPS) is 12.1. The number of esters is 3. The highest BCUT2D eigenvalue weighted by atomic mass is 16.6. The van der Waals surface area contributed by atoms with Crippen molar-refractivity contribution in [2.45, 2.75) is 380 Å². The van der Waals surface area contributed by atoms with E-state index in [1.165, 1.54) is 165 Å². The van der Waals surface area contributed by atoms with Crippen molar-refractivity contribution in [2.75, 3.05) is 26.3 Å². The van der Waals surface area contributed by atoms with E-state index >= 15 is 0 Å². The van der Waals surface area contributed by atoms with E-state index in [0.29, 0.717) is 45.2 Å². The Balaban J connectivity index is 4.39. The van der Waals surface area contributed by atoms with Gasteiger partial charge in [-0.15, -0.1) is 0 Å². The molecule has 10 heteroatoms. The third-order valence-electron chi connectivity index (χ3n) is 16.5. The Labute approximate surface area is 531 Å². The van der Waals surface area contributed by atoms with Gasteiger partial charge in [-0.25, -0.2) is 0 Å². The van der Waals surface area contributed by atoms with Gasteiger partial charge in [-0.05, 0) is 116 Å². The van der Waals surface area contributed by atoms with Gasteiger partial charge in [0.1, 0.15) is 13.2 Å². The molecule has 1 unspecified atom stereocenters. The smallest absolute Gasteiger partial charge is 0.306 e. The van der Waals surface area contributed by atoms with Gasteiger partial charge < -0.3 is 19.9 Å². The minimum atomic E-state index is -0.814. The van der Waals surface area contributed by atoms with E-state index in [1.807, 2.05) is 0 Å². The van der Waals surface area contributed by atoms with Gasteiger partial charge in [0.25, 0.3) is 0 Å². The summed E-state index contributed by atoms with van der Waals surface area (Å²) in [6, 6.07) is 0. The molecule has 0 bridgehead atoms. The molecule has 2 N–H and O–H groups in total. The zero-order chi connectivity index (χ0) is 62.5. The lowest BCUT2D eigenvalue weighted by atomic mass is 10.0. The van der Waals surface area contributed by atoms with E-state index < -0.39 is 6.10 Å². The Morgan fingerprint density at radius 2 is 0.558 bits per heavy atom. The van der Waals surface area contributed by atoms with Crippen LogP contribution in [-0.4, -0.2) is 67.0 Å². The van der Waals surface area contributed by atoms with E-state index in [9.17, 15) is 24.0 Å². The number of ether oxygens (including phenoxy) is 3. The highest BCUT2D eigenvalue weighted by molar-refractivity contribution is 5.95. The third-order valence-corrected chi connectivity index (χ3v) is 16.5. The lowest BCUT2D eigenvalue weighted by Gasteiger charge is -2.20. The van der Waals surface area contributed by atoms with Crippen LogP contribution in [0.15, 0.2) is 48.6 Å². The number of hydrogen-bond acceptors (Lipinski definition) is 9. The molecular weight excluding hydrogens is 1070 g/mol. The molecule has 0 fully saturated rings. The SMILES string of the molecule is CCCCCC=CCC=CCCCCCCCC(=O)OC(COC(=O)CCCCCCCC=CCCCCCCC(=O)N(CCN)C(=O)CCCCCCCC=CCCCCCCCC)COC(=O)CCCCCCCCCCCCCCCCC. The summed E-state index contributed by atoms with van der Waals surface area (Å²) < 4.78 is 16.9. The second-order valence-electron chi connectivity index (χ2n) is 25.0. The molecule has 0 heterocycles. The zero-order valence-corrected chi connectivity index (χ0v) is 56.7. The molecule has 0 rings (SSSR count). The van der Waals surface area contributed by atoms with Crippen molar-refractivity contribution in [3.8, 4) is 0 Å². The molecule has 86 heavy (non-hydrogen) atoms. The topological polar surface area (TPSA) is 142 Å². The van der Waals surface area contributed by atoms with Crippen molar-refractivity contribution < 1.29 is 38.2 Å². The summed E-state index contributed by atoms with van der Waals surface area (Å²) in [6.07, 6.45) is 77.2. The van der Waals surface area contributed by atoms with E-state index in [2.05, 4.69) is 69.4 Å². The summed E-state index contributed by atoms with van der Waals surface area (Å²) in [5.74, 6) is -1.11. The molecule has 500 valence electrons. The van der Waals surface area contributed by atoms with Crippen molar-refractivity contribution in [1.29, 1.82) is 0 Å². The number of amides is 2. The fraction of sp³-hybridized carbons (Fsp3) is 0.829. The first-order valence-electron chi connectivity index (χ1n) is 36.9. The Hall–Kier alpha value is -3.53. The molecule has 10 nitrogen and oxygen atoms in total. The summed E-state index contributed by atoms with van der Waals surface area (Å²) in [5.41, 5.74) is 5.79. The van der Waals surface area contributed by atoms with Crippen LogP contribution in [0.2, 0.25) is 0 Å². The number of nitrogens with zero attached hydrogens (tertiary/aromatic N) is 1. The average molecular weight is 1210 g/mol. The van der Waals surface area contributed by atoms with Crippen LogP contribution in [0.25, 0.3) is 0 Å². The molecule has 0 saturated carbocycles. The number of hydrogen-bond donors (Lipinski definition) is 1. The van der Waals surface area contributed by atoms with Crippen LogP contribution in [-0.2, 0) is 38.2 Å². The first kappa shape index (κ1) is 82.5. The van der Waals surface area contributed by atoms with Crippen LogP contribution in [0.4, 0.5) is 0 Å². The Kier molecular flexibility index (Phi) is 66.1. The van der Waals surface area contributed by atoms with Gasteiger partial charge in [0.15, 0.2) is 6.10 Å². The van der Waals surface area contributed by atoms with Crippen LogP contribution in [0, 0.1) is 0 Å². The second-order valence-corrected chi connectivity index (χ2v) is 25.0. The van der Waals surface area contributed by atoms with Gasteiger partial charge >= 0.3 is 17.9 Å². The maximum absolute atomic E-state index is 13.0. The lowest BCUT2D eigenvalue weighted by molar-refractivity contribution is -0.167. The van der Waals surface area contributed by atoms with Gasteiger partial charge in [-0.3, -0.25) is 28.9 Å². The highest BCUT2D eigenvalue weighted by Gasteiger charge is 2.21. The number of carbonyl (C=O) groups is 5. The minimum Gasteiger partial charge on any atom is -0.462 e. The van der Waals surface area contributed by atoms with Crippen molar-refractivity contribution in [2.24, 2.45) is 5.73 Å². The van der Waals surface area contributed by atoms with Crippen molar-refractivity contribution in [3.05, 3.63) is 48.6 Å². The van der Waals surface area contributed by atoms with Crippen LogP contribution < -0.4 is 5.73 Å². The molecule has 0 radical (unpaired) electrons. The van der Waals surface area contributed by atoms with Crippen LogP contribution in [0.3, 0.4) is 0 Å². The second kappa shape index (κ2) is 69.0. The summed E-state index contributed by atoms with van der Waals surface area (Å²) in [6.45, 7) is 7.16. The van der Waals surface area contributed by atoms with Crippen molar-refractivity contribution >= 4 is 29.7 Å². The molecule has 1 atom stereocenters. The molecular formula is C76H138N2O8. The number of carbonyl (C=O) groups excluding carboxylic acids is 5. The number of rotatable bonds is 67. The molecule has 0 aromatic carbocycles. The van der Waals surface area contributed by atoms with E-state index in [0.717, 1.165) is 161 Å². The van der Waals surface area contributed by atoms with E-state index in [-0.39, 0.29) is 42.9 Å². The highest BCUT2D eigenvalue weighted by Crippen LogP contribution is 2.18. The Bertz CT molecular complexity index is 1640. The van der Waals surface area contributed by atoms with Crippen molar-refractivity contribution in [3.63, 3.8) is 0 Å². The van der Waals surface area contributed by atoms with Gasteiger partial charge in [-0.2, -0.15) is 0 Å². The monoisotopic (exact) mass is 1210 g/mol. The quantitative estimate of drug-likeness (QED) is 0.0272. The number of nitrogens with two attached hydrogens (primary N) is 1. The predicted molar refractivity (Wildman–Crippen MR) is 365 cm³/mol. The van der Waals surface area contributed by atoms with Gasteiger partial charge in [-0.1, -0.05) is 275 Å². The molecule has 0 aromatic heterocycles. The first-order valence-corrected chi connectivity index (χ1v) is 36.9. The van der Waals surface area contributed by atoms with Gasteiger partial charge in [0, 0.05) is 45.2 Å². The summed E-state index contributed by atoms with van der Waals surface area (Å²) >= 11 is 0. The van der Waals surface area contributed by atoms with Gasteiger partial charge in [0.05, 0.1) is 0 Å². The largest absolute Gasteiger partial charge is 0.462 e. The Morgan fingerprint density at radius 1 is 0.314 bits per heavy atom. The van der Waals surface area contributed by atoms with E-state index in [1.54, 1.807) is 0 Å². The van der Waals surface area contributed by atoms with Crippen LogP contribution >= 0.6 is 0 Å². The summed E-state index contributed by atoms with van der Waals surface area (Å²) in [5, 5.41) is 0. The van der Waals surface area contributed by atoms with Crippen LogP contribution in [0.1, 0.15) is 374 Å². The molecule has 0 saturated heterocycles. The maximum atomic E-state index is 13.0. The number of allylic oxidation sites excluding steroid dienone is 8. The van der Waals surface area contributed by atoms with Crippen LogP contribution in [0.5, 0.6) is 0 Å². The lowest BCUT2D eigenvalue weighted by Crippen LogP contribution is -2.40. The maximum Gasteiger partial charge on any atom is 0.306 e. The standard InChI is InChI=1S/C76H138N2O8/c1-4-7-10-13-16-19-22-25-28-32-37-42-47-52-57-62-72(79)78(68-67-77)73(80)63-58-53-48-43-38-33-31-36-40-45-50-55-60-65-75(82)85-70-71(86-76(83)66-61-56-51-46-41-35-30-27-24-21-18-15-12-9-6-3)69-84-74(81)64-59-54-49-44-39-34-29-26-23-20-17-14-11-8-5-2/h18,21,25,27-28,30-31,33,71H,4-17,19-20,22-24,26,29,32,34-70,77H2,1-3H3. The molecule has 0 spiro atoms. The van der Waals surface area contributed by atoms with Crippen molar-refractivity contribution in [1.82, 2.24) is 4.90 Å². The fourth-order valence-corrected chi connectivity index (χ4v) is 10.9. The minimum absolute atomic E-state index is 0.0693. The Morgan fingerprint density at radius 3 is 0.872 bits per heavy atom.